The van der Waals surface area contributed by atoms with Crippen LogP contribution in [0.5, 0.6) is 5.75 Å². The van der Waals surface area contributed by atoms with Gasteiger partial charge in [0.1, 0.15) is 28.8 Å². The Balaban J connectivity index is 1.37. The number of hydrogen-bond donors (Lipinski definition) is 3. The number of rotatable bonds is 8. The number of methoxy groups -OCH3 is 1. The first-order valence-corrected chi connectivity index (χ1v) is 10.6. The highest BCUT2D eigenvalue weighted by molar-refractivity contribution is 5.97. The number of aryl methyl sites for hydroxylation is 2. The van der Waals surface area contributed by atoms with Crippen molar-refractivity contribution in [2.24, 2.45) is 0 Å². The lowest BCUT2D eigenvalue weighted by atomic mass is 10.1. The average Bonchev–Trinajstić information content (AvgIpc) is 2.80. The SMILES string of the molecule is COc1cccc2cc(C(=O)NCCNc3cc(Nc4cc(C)ccn4)nc(C)n3)c(=O)oc12. The summed E-state index contributed by atoms with van der Waals surface area (Å²) in [6, 6.07) is 12.3. The minimum Gasteiger partial charge on any atom is -0.493 e. The first kappa shape index (κ1) is 22.7. The third kappa shape index (κ3) is 5.29. The molecule has 0 radical (unpaired) electrons. The van der Waals surface area contributed by atoms with Crippen molar-refractivity contribution in [1.82, 2.24) is 20.3 Å². The average molecular weight is 460 g/mol. The van der Waals surface area contributed by atoms with Crippen LogP contribution in [0.3, 0.4) is 0 Å². The van der Waals surface area contributed by atoms with Gasteiger partial charge in [-0.25, -0.2) is 19.7 Å². The second-order valence-electron chi connectivity index (χ2n) is 7.54. The lowest BCUT2D eigenvalue weighted by Gasteiger charge is -2.11. The predicted octanol–water partition coefficient (Wildman–Crippen LogP) is 3.19. The summed E-state index contributed by atoms with van der Waals surface area (Å²) in [4.78, 5) is 37.9. The molecule has 10 nitrogen and oxygen atoms in total. The Bertz CT molecular complexity index is 1400. The second-order valence-corrected chi connectivity index (χ2v) is 7.54. The summed E-state index contributed by atoms with van der Waals surface area (Å²) in [6.45, 7) is 4.42. The van der Waals surface area contributed by atoms with Gasteiger partial charge in [-0.3, -0.25) is 4.79 Å². The van der Waals surface area contributed by atoms with Gasteiger partial charge in [-0.05, 0) is 43.7 Å². The molecule has 3 N–H and O–H groups in total. The van der Waals surface area contributed by atoms with Crippen molar-refractivity contribution in [2.45, 2.75) is 13.8 Å². The quantitative estimate of drug-likeness (QED) is 0.268. The van der Waals surface area contributed by atoms with E-state index < -0.39 is 11.5 Å². The summed E-state index contributed by atoms with van der Waals surface area (Å²) < 4.78 is 10.5. The number of carbonyl (C=O) groups excluding carboxylic acids is 1. The van der Waals surface area contributed by atoms with Gasteiger partial charge in [0.05, 0.1) is 7.11 Å². The maximum Gasteiger partial charge on any atom is 0.349 e. The van der Waals surface area contributed by atoms with Crippen molar-refractivity contribution >= 4 is 34.3 Å². The van der Waals surface area contributed by atoms with Crippen LogP contribution >= 0.6 is 0 Å². The van der Waals surface area contributed by atoms with E-state index in [0.29, 0.717) is 46.5 Å². The maximum absolute atomic E-state index is 12.5. The third-order valence-electron chi connectivity index (χ3n) is 4.91. The van der Waals surface area contributed by atoms with Gasteiger partial charge in [0.25, 0.3) is 5.91 Å². The van der Waals surface area contributed by atoms with Crippen LogP contribution in [0.2, 0.25) is 0 Å². The smallest absolute Gasteiger partial charge is 0.349 e. The van der Waals surface area contributed by atoms with Gasteiger partial charge >= 0.3 is 5.63 Å². The van der Waals surface area contributed by atoms with E-state index >= 15 is 0 Å². The molecule has 4 rings (SSSR count). The van der Waals surface area contributed by atoms with Gasteiger partial charge in [0, 0.05) is 30.7 Å². The molecule has 4 aromatic rings. The number of carbonyl (C=O) groups is 1. The first-order chi connectivity index (χ1) is 16.4. The van der Waals surface area contributed by atoms with Gasteiger partial charge < -0.3 is 25.1 Å². The highest BCUT2D eigenvalue weighted by atomic mass is 16.5. The molecule has 3 heterocycles. The van der Waals surface area contributed by atoms with Crippen molar-refractivity contribution in [3.63, 3.8) is 0 Å². The Labute approximate surface area is 195 Å². The van der Waals surface area contributed by atoms with E-state index in [4.69, 9.17) is 9.15 Å². The number of aromatic nitrogens is 3. The highest BCUT2D eigenvalue weighted by Crippen LogP contribution is 2.24. The number of nitrogens with zero attached hydrogens (tertiary/aromatic N) is 3. The number of nitrogens with one attached hydrogen (secondary N) is 3. The van der Waals surface area contributed by atoms with Crippen molar-refractivity contribution < 1.29 is 13.9 Å². The van der Waals surface area contributed by atoms with Crippen molar-refractivity contribution in [3.8, 4) is 5.75 Å². The number of para-hydroxylation sites is 1. The van der Waals surface area contributed by atoms with Crippen LogP contribution in [0.4, 0.5) is 17.5 Å². The molecule has 10 heteroatoms. The van der Waals surface area contributed by atoms with Crippen LogP contribution in [0.1, 0.15) is 21.7 Å². The van der Waals surface area contributed by atoms with Gasteiger partial charge in [-0.1, -0.05) is 12.1 Å². The molecule has 0 aliphatic heterocycles. The lowest BCUT2D eigenvalue weighted by Crippen LogP contribution is -2.32. The molecular formula is C24H24N6O4. The highest BCUT2D eigenvalue weighted by Gasteiger charge is 2.15. The van der Waals surface area contributed by atoms with Gasteiger partial charge in [-0.15, -0.1) is 0 Å². The summed E-state index contributed by atoms with van der Waals surface area (Å²) in [5.41, 5.74) is 0.583. The fourth-order valence-corrected chi connectivity index (χ4v) is 3.36. The van der Waals surface area contributed by atoms with Gasteiger partial charge in [-0.2, -0.15) is 0 Å². The van der Waals surface area contributed by atoms with Crippen LogP contribution in [-0.4, -0.2) is 41.1 Å². The largest absolute Gasteiger partial charge is 0.493 e. The molecular weight excluding hydrogens is 436 g/mol. The monoisotopic (exact) mass is 460 g/mol. The van der Waals surface area contributed by atoms with Crippen LogP contribution < -0.4 is 26.3 Å². The molecule has 3 aromatic heterocycles. The lowest BCUT2D eigenvalue weighted by molar-refractivity contribution is 0.0951. The Morgan fingerprint density at radius 2 is 1.85 bits per heavy atom. The minimum atomic E-state index is -0.727. The van der Waals surface area contributed by atoms with Gasteiger partial charge in [0.15, 0.2) is 11.3 Å². The van der Waals surface area contributed by atoms with Crippen LogP contribution in [-0.2, 0) is 0 Å². The van der Waals surface area contributed by atoms with E-state index in [9.17, 15) is 9.59 Å². The summed E-state index contributed by atoms with van der Waals surface area (Å²) in [5, 5.41) is 9.62. The number of benzene rings is 1. The molecule has 0 atom stereocenters. The molecule has 0 spiro atoms. The number of amides is 1. The Kier molecular flexibility index (Phi) is 6.67. The summed E-state index contributed by atoms with van der Waals surface area (Å²) in [6.07, 6.45) is 1.72. The summed E-state index contributed by atoms with van der Waals surface area (Å²) >= 11 is 0. The zero-order valence-electron chi connectivity index (χ0n) is 19.0. The number of ether oxygens (including phenoxy) is 1. The van der Waals surface area contributed by atoms with E-state index in [1.807, 2.05) is 19.1 Å². The predicted molar refractivity (Wildman–Crippen MR) is 129 cm³/mol. The second kappa shape index (κ2) is 9.99. The molecule has 0 saturated carbocycles. The molecule has 0 unspecified atom stereocenters. The van der Waals surface area contributed by atoms with Crippen LogP contribution in [0, 0.1) is 13.8 Å². The zero-order chi connectivity index (χ0) is 24.1. The molecule has 0 aliphatic carbocycles. The third-order valence-corrected chi connectivity index (χ3v) is 4.91. The fraction of sp³-hybridized carbons (Fsp3) is 0.208. The molecule has 1 aromatic carbocycles. The number of anilines is 3. The molecule has 1 amide bonds. The number of fused-ring (bicyclic) bond motifs is 1. The molecule has 34 heavy (non-hydrogen) atoms. The van der Waals surface area contributed by atoms with Crippen LogP contribution in [0.25, 0.3) is 11.0 Å². The summed E-state index contributed by atoms with van der Waals surface area (Å²) in [7, 11) is 1.49. The maximum atomic E-state index is 12.5. The van der Waals surface area contributed by atoms with Crippen LogP contribution in [0.15, 0.2) is 57.9 Å². The first-order valence-electron chi connectivity index (χ1n) is 10.6. The number of hydrogen-bond acceptors (Lipinski definition) is 9. The van der Waals surface area contributed by atoms with Gasteiger partial charge in [0.2, 0.25) is 0 Å². The van der Waals surface area contributed by atoms with E-state index in [0.717, 1.165) is 5.56 Å². The van der Waals surface area contributed by atoms with E-state index in [1.54, 1.807) is 37.4 Å². The molecule has 0 fully saturated rings. The number of pyridine rings is 1. The molecule has 174 valence electrons. The fourth-order valence-electron chi connectivity index (χ4n) is 3.36. The minimum absolute atomic E-state index is 0.0734. The van der Waals surface area contributed by atoms with E-state index in [-0.39, 0.29) is 12.1 Å². The normalized spacial score (nSPS) is 10.7. The molecule has 0 aliphatic rings. The molecule has 0 saturated heterocycles. The van der Waals surface area contributed by atoms with Crippen molar-refractivity contribution in [2.75, 3.05) is 30.8 Å². The zero-order valence-corrected chi connectivity index (χ0v) is 19.0. The Morgan fingerprint density at radius 3 is 2.65 bits per heavy atom. The van der Waals surface area contributed by atoms with Crippen molar-refractivity contribution in [1.29, 1.82) is 0 Å². The summed E-state index contributed by atoms with van der Waals surface area (Å²) in [5.74, 6) is 2.36. The standard InChI is InChI=1S/C24H24N6O4/c1-14-7-8-25-19(11-14)30-21-13-20(28-15(2)29-21)26-9-10-27-23(31)17-12-16-5-4-6-18(33-3)22(16)34-24(17)32/h4-8,11-13H,9-10H2,1-3H3,(H,27,31)(H2,25,26,28,29,30). The van der Waals surface area contributed by atoms with Crippen molar-refractivity contribution in [3.05, 3.63) is 76.0 Å². The topological polar surface area (TPSA) is 131 Å². The Morgan fingerprint density at radius 1 is 1.03 bits per heavy atom. The van der Waals surface area contributed by atoms with E-state index in [2.05, 4.69) is 30.9 Å². The Hall–Kier alpha value is -4.47. The molecule has 0 bridgehead atoms. The van der Waals surface area contributed by atoms with E-state index in [1.165, 1.54) is 13.2 Å².